The fraction of sp³-hybridized carbons (Fsp3) is 0.600. The molecule has 5 nitrogen and oxygen atoms in total. The number of likely N-dealkylation sites (tertiary alicyclic amines) is 2. The summed E-state index contributed by atoms with van der Waals surface area (Å²) in [5.74, 6) is 0.294. The number of benzene rings is 1. The third-order valence-electron chi connectivity index (χ3n) is 5.47. The standard InChI is InChI=1S/C20H29N3O2/c1-15(24)23-17-11-7-8-12-22(20(25)14-21(2)3)19(17)13-18(23)16-9-5-4-6-10-16/h4-6,9-10,17-19H,7-8,11-14H2,1-3H3/t17-,18-,19+/m0/s1. The van der Waals surface area contributed by atoms with Gasteiger partial charge in [-0.25, -0.2) is 0 Å². The second kappa shape index (κ2) is 7.56. The topological polar surface area (TPSA) is 43.9 Å². The van der Waals surface area contributed by atoms with Crippen LogP contribution in [0.1, 0.15) is 44.2 Å². The van der Waals surface area contributed by atoms with Crippen LogP contribution in [-0.2, 0) is 9.59 Å². The minimum Gasteiger partial charge on any atom is -0.336 e. The van der Waals surface area contributed by atoms with E-state index >= 15 is 0 Å². The van der Waals surface area contributed by atoms with E-state index in [2.05, 4.69) is 17.0 Å². The number of rotatable bonds is 3. The minimum absolute atomic E-state index is 0.0708. The number of carbonyl (C=O) groups is 2. The summed E-state index contributed by atoms with van der Waals surface area (Å²) in [5, 5.41) is 0. The van der Waals surface area contributed by atoms with Gasteiger partial charge in [0.1, 0.15) is 0 Å². The lowest BCUT2D eigenvalue weighted by atomic mass is 10.0. The van der Waals surface area contributed by atoms with Gasteiger partial charge in [0.15, 0.2) is 0 Å². The van der Waals surface area contributed by atoms with E-state index in [4.69, 9.17) is 0 Å². The summed E-state index contributed by atoms with van der Waals surface area (Å²) >= 11 is 0. The summed E-state index contributed by atoms with van der Waals surface area (Å²) in [6, 6.07) is 10.6. The largest absolute Gasteiger partial charge is 0.336 e. The van der Waals surface area contributed by atoms with Crippen molar-refractivity contribution < 1.29 is 9.59 Å². The Morgan fingerprint density at radius 3 is 2.48 bits per heavy atom. The molecule has 2 amide bonds. The molecule has 25 heavy (non-hydrogen) atoms. The first-order valence-corrected chi connectivity index (χ1v) is 9.27. The predicted octanol–water partition coefficient (Wildman–Crippen LogP) is 2.29. The highest BCUT2D eigenvalue weighted by Gasteiger charge is 2.47. The number of likely N-dealkylation sites (N-methyl/N-ethyl adjacent to an activating group) is 1. The van der Waals surface area contributed by atoms with Crippen LogP contribution < -0.4 is 0 Å². The Morgan fingerprint density at radius 1 is 1.12 bits per heavy atom. The molecule has 2 aliphatic heterocycles. The average molecular weight is 343 g/mol. The molecule has 1 aromatic rings. The number of nitrogens with zero attached hydrogens (tertiary/aromatic N) is 3. The fourth-order valence-electron chi connectivity index (χ4n) is 4.48. The molecule has 2 saturated heterocycles. The molecule has 0 N–H and O–H groups in total. The Kier molecular flexibility index (Phi) is 5.42. The van der Waals surface area contributed by atoms with E-state index in [0.717, 1.165) is 32.2 Å². The molecule has 0 bridgehead atoms. The van der Waals surface area contributed by atoms with Crippen LogP contribution in [-0.4, -0.2) is 65.8 Å². The number of hydrogen-bond acceptors (Lipinski definition) is 3. The van der Waals surface area contributed by atoms with Gasteiger partial charge in [0.2, 0.25) is 11.8 Å². The molecule has 136 valence electrons. The van der Waals surface area contributed by atoms with Crippen molar-refractivity contribution in [2.75, 3.05) is 27.2 Å². The Labute approximate surface area is 150 Å². The molecule has 0 unspecified atom stereocenters. The minimum atomic E-state index is 0.0708. The summed E-state index contributed by atoms with van der Waals surface area (Å²) < 4.78 is 0. The maximum Gasteiger partial charge on any atom is 0.237 e. The second-order valence-electron chi connectivity index (χ2n) is 7.54. The third-order valence-corrected chi connectivity index (χ3v) is 5.47. The molecule has 1 aromatic carbocycles. The van der Waals surface area contributed by atoms with Crippen molar-refractivity contribution in [1.29, 1.82) is 0 Å². The number of hydrogen-bond donors (Lipinski definition) is 0. The van der Waals surface area contributed by atoms with Crippen LogP contribution in [0.5, 0.6) is 0 Å². The van der Waals surface area contributed by atoms with Crippen molar-refractivity contribution in [2.24, 2.45) is 0 Å². The molecule has 3 atom stereocenters. The summed E-state index contributed by atoms with van der Waals surface area (Å²) in [7, 11) is 3.85. The molecule has 2 fully saturated rings. The molecular weight excluding hydrogens is 314 g/mol. The summed E-state index contributed by atoms with van der Waals surface area (Å²) in [6.45, 7) is 2.90. The quantitative estimate of drug-likeness (QED) is 0.846. The van der Waals surface area contributed by atoms with Crippen LogP contribution in [0.2, 0.25) is 0 Å². The molecular formula is C20H29N3O2. The molecule has 5 heteroatoms. The highest BCUT2D eigenvalue weighted by molar-refractivity contribution is 5.79. The highest BCUT2D eigenvalue weighted by Crippen LogP contribution is 2.41. The number of amides is 2. The van der Waals surface area contributed by atoms with Crippen LogP contribution in [0.25, 0.3) is 0 Å². The van der Waals surface area contributed by atoms with Crippen LogP contribution in [0.4, 0.5) is 0 Å². The van der Waals surface area contributed by atoms with Crippen LogP contribution in [0.3, 0.4) is 0 Å². The van der Waals surface area contributed by atoms with E-state index < -0.39 is 0 Å². The van der Waals surface area contributed by atoms with Crippen LogP contribution >= 0.6 is 0 Å². The van der Waals surface area contributed by atoms with Gasteiger partial charge in [0.25, 0.3) is 0 Å². The molecule has 0 aliphatic carbocycles. The zero-order chi connectivity index (χ0) is 18.0. The normalized spacial score (nSPS) is 26.5. The van der Waals surface area contributed by atoms with E-state index in [1.807, 2.05) is 42.1 Å². The predicted molar refractivity (Wildman–Crippen MR) is 98.0 cm³/mol. The lowest BCUT2D eigenvalue weighted by Gasteiger charge is -2.34. The summed E-state index contributed by atoms with van der Waals surface area (Å²) in [4.78, 5) is 31.3. The Bertz CT molecular complexity index is 617. The number of fused-ring (bicyclic) bond motifs is 1. The highest BCUT2D eigenvalue weighted by atomic mass is 16.2. The van der Waals surface area contributed by atoms with E-state index in [0.29, 0.717) is 6.54 Å². The van der Waals surface area contributed by atoms with E-state index in [-0.39, 0.29) is 29.9 Å². The molecule has 3 rings (SSSR count). The molecule has 2 heterocycles. The van der Waals surface area contributed by atoms with Gasteiger partial charge < -0.3 is 14.7 Å². The van der Waals surface area contributed by atoms with Gasteiger partial charge in [-0.2, -0.15) is 0 Å². The Morgan fingerprint density at radius 2 is 1.84 bits per heavy atom. The lowest BCUT2D eigenvalue weighted by molar-refractivity contribution is -0.137. The van der Waals surface area contributed by atoms with Crippen molar-refractivity contribution in [2.45, 2.75) is 50.7 Å². The first-order valence-electron chi connectivity index (χ1n) is 9.27. The second-order valence-corrected chi connectivity index (χ2v) is 7.54. The monoisotopic (exact) mass is 343 g/mol. The van der Waals surface area contributed by atoms with Gasteiger partial charge in [-0.05, 0) is 45.3 Å². The summed E-state index contributed by atoms with van der Waals surface area (Å²) in [6.07, 6.45) is 3.92. The van der Waals surface area contributed by atoms with Crippen molar-refractivity contribution in [1.82, 2.24) is 14.7 Å². The van der Waals surface area contributed by atoms with Crippen LogP contribution in [0, 0.1) is 0 Å². The van der Waals surface area contributed by atoms with Gasteiger partial charge in [-0.1, -0.05) is 30.3 Å². The molecule has 0 saturated carbocycles. The first kappa shape index (κ1) is 17.9. The maximum absolute atomic E-state index is 12.8. The van der Waals surface area contributed by atoms with Gasteiger partial charge in [-0.15, -0.1) is 0 Å². The average Bonchev–Trinajstić information content (AvgIpc) is 2.82. The van der Waals surface area contributed by atoms with E-state index in [1.54, 1.807) is 6.92 Å². The first-order chi connectivity index (χ1) is 12.0. The Hall–Kier alpha value is -1.88. The molecule has 2 aliphatic rings. The fourth-order valence-corrected chi connectivity index (χ4v) is 4.48. The van der Waals surface area contributed by atoms with Gasteiger partial charge in [-0.3, -0.25) is 9.59 Å². The van der Waals surface area contributed by atoms with Gasteiger partial charge in [0.05, 0.1) is 24.7 Å². The van der Waals surface area contributed by atoms with Gasteiger partial charge >= 0.3 is 0 Å². The van der Waals surface area contributed by atoms with Crippen molar-refractivity contribution in [3.8, 4) is 0 Å². The Balaban J connectivity index is 1.91. The van der Waals surface area contributed by atoms with Crippen molar-refractivity contribution >= 4 is 11.8 Å². The van der Waals surface area contributed by atoms with E-state index in [1.165, 1.54) is 5.56 Å². The molecule has 0 radical (unpaired) electrons. The van der Waals surface area contributed by atoms with Crippen molar-refractivity contribution in [3.05, 3.63) is 35.9 Å². The summed E-state index contributed by atoms with van der Waals surface area (Å²) in [5.41, 5.74) is 1.17. The van der Waals surface area contributed by atoms with Gasteiger partial charge in [0, 0.05) is 13.5 Å². The lowest BCUT2D eigenvalue weighted by Crippen LogP contribution is -2.49. The van der Waals surface area contributed by atoms with Crippen molar-refractivity contribution in [3.63, 3.8) is 0 Å². The third kappa shape index (κ3) is 3.71. The van der Waals surface area contributed by atoms with Crippen LogP contribution in [0.15, 0.2) is 30.3 Å². The smallest absolute Gasteiger partial charge is 0.237 e. The number of carbonyl (C=O) groups excluding carboxylic acids is 2. The zero-order valence-corrected chi connectivity index (χ0v) is 15.5. The molecule has 0 spiro atoms. The molecule has 0 aromatic heterocycles. The maximum atomic E-state index is 12.8. The van der Waals surface area contributed by atoms with E-state index in [9.17, 15) is 9.59 Å². The zero-order valence-electron chi connectivity index (χ0n) is 15.5. The SMILES string of the molecule is CC(=O)N1[C@H](c2ccccc2)C[C@@H]2[C@@H]1CCCCN2C(=O)CN(C)C.